The van der Waals surface area contributed by atoms with Crippen molar-refractivity contribution in [3.63, 3.8) is 0 Å². The van der Waals surface area contributed by atoms with E-state index in [-0.39, 0.29) is 11.6 Å². The third kappa shape index (κ3) is 4.65. The molecule has 0 spiro atoms. The van der Waals surface area contributed by atoms with Gasteiger partial charge in [0, 0.05) is 43.8 Å². The second-order valence-corrected chi connectivity index (χ2v) is 6.33. The predicted octanol–water partition coefficient (Wildman–Crippen LogP) is 2.15. The molecular weight excluding hydrogens is 295 g/mol. The first kappa shape index (κ1) is 17.7. The molecule has 5 nitrogen and oxygen atoms in total. The summed E-state index contributed by atoms with van der Waals surface area (Å²) >= 11 is 0. The van der Waals surface area contributed by atoms with Crippen molar-refractivity contribution in [2.45, 2.75) is 39.3 Å². The molecule has 2 atom stereocenters. The summed E-state index contributed by atoms with van der Waals surface area (Å²) < 4.78 is 13.6. The first-order chi connectivity index (χ1) is 10.9. The van der Waals surface area contributed by atoms with Gasteiger partial charge in [0.2, 0.25) is 5.91 Å². The van der Waals surface area contributed by atoms with Gasteiger partial charge in [-0.2, -0.15) is 0 Å². The Morgan fingerprint density at radius 2 is 2.00 bits per heavy atom. The first-order valence-corrected chi connectivity index (χ1v) is 8.23. The number of amides is 1. The maximum Gasteiger partial charge on any atom is 0.225 e. The Bertz CT molecular complexity index is 539. The van der Waals surface area contributed by atoms with E-state index >= 15 is 0 Å². The van der Waals surface area contributed by atoms with Crippen molar-refractivity contribution in [2.24, 2.45) is 0 Å². The molecule has 3 N–H and O–H groups in total. The molecule has 0 radical (unpaired) electrons. The largest absolute Gasteiger partial charge is 0.399 e. The van der Waals surface area contributed by atoms with Crippen LogP contribution < -0.4 is 11.1 Å². The van der Waals surface area contributed by atoms with E-state index < -0.39 is 5.82 Å². The van der Waals surface area contributed by atoms with Gasteiger partial charge in [-0.1, -0.05) is 6.92 Å². The van der Waals surface area contributed by atoms with Crippen LogP contribution in [0.1, 0.15) is 27.2 Å². The molecule has 0 saturated carbocycles. The van der Waals surface area contributed by atoms with Crippen LogP contribution in [0, 0.1) is 5.82 Å². The van der Waals surface area contributed by atoms with Crippen molar-refractivity contribution in [3.05, 3.63) is 24.0 Å². The minimum absolute atomic E-state index is 0.146. The van der Waals surface area contributed by atoms with Gasteiger partial charge in [-0.3, -0.25) is 14.6 Å². The molecule has 1 saturated heterocycles. The van der Waals surface area contributed by atoms with E-state index in [2.05, 4.69) is 35.9 Å². The average Bonchev–Trinajstić information content (AvgIpc) is 2.49. The Kier molecular flexibility index (Phi) is 5.96. The molecule has 1 heterocycles. The molecule has 0 aromatic heterocycles. The van der Waals surface area contributed by atoms with Crippen LogP contribution in [0.4, 0.5) is 15.8 Å². The van der Waals surface area contributed by atoms with E-state index in [0.29, 0.717) is 30.7 Å². The quantitative estimate of drug-likeness (QED) is 0.816. The second kappa shape index (κ2) is 7.75. The van der Waals surface area contributed by atoms with E-state index in [1.54, 1.807) is 0 Å². The van der Waals surface area contributed by atoms with Crippen molar-refractivity contribution in [1.29, 1.82) is 0 Å². The molecule has 6 heteroatoms. The lowest BCUT2D eigenvalue weighted by molar-refractivity contribution is -0.116. The second-order valence-electron chi connectivity index (χ2n) is 6.33. The van der Waals surface area contributed by atoms with E-state index in [4.69, 9.17) is 5.73 Å². The summed E-state index contributed by atoms with van der Waals surface area (Å²) in [6.45, 7) is 10.3. The lowest BCUT2D eigenvalue weighted by Gasteiger charge is -2.44. The minimum Gasteiger partial charge on any atom is -0.399 e. The number of anilines is 2. The summed E-state index contributed by atoms with van der Waals surface area (Å²) in [5.41, 5.74) is 6.20. The number of rotatable bonds is 5. The summed E-state index contributed by atoms with van der Waals surface area (Å²) in [5.74, 6) is -0.654. The number of likely N-dealkylation sites (N-methyl/N-ethyl adjacent to an activating group) is 1. The lowest BCUT2D eigenvalue weighted by Crippen LogP contribution is -2.56. The van der Waals surface area contributed by atoms with Crippen LogP contribution in [0.15, 0.2) is 18.2 Å². The van der Waals surface area contributed by atoms with Gasteiger partial charge >= 0.3 is 0 Å². The van der Waals surface area contributed by atoms with Gasteiger partial charge < -0.3 is 11.1 Å². The van der Waals surface area contributed by atoms with E-state index in [1.807, 2.05) is 0 Å². The molecular formula is C17H27FN4O. The number of nitrogens with two attached hydrogens (primary N) is 1. The van der Waals surface area contributed by atoms with Gasteiger partial charge in [0.1, 0.15) is 5.82 Å². The maximum atomic E-state index is 13.6. The van der Waals surface area contributed by atoms with Gasteiger partial charge in [0.15, 0.2) is 0 Å². The van der Waals surface area contributed by atoms with Crippen LogP contribution in [0.2, 0.25) is 0 Å². The molecule has 23 heavy (non-hydrogen) atoms. The topological polar surface area (TPSA) is 61.6 Å². The smallest absolute Gasteiger partial charge is 0.225 e. The third-order valence-corrected chi connectivity index (χ3v) is 4.46. The molecule has 0 bridgehead atoms. The number of carbonyl (C=O) groups excluding carboxylic acids is 1. The standard InChI is InChI=1S/C17H27FN4O/c1-4-22-12(2)10-21(11-13(22)3)8-7-17(23)20-16-9-14(19)5-6-15(16)18/h5-6,9,12-13H,4,7-8,10-11,19H2,1-3H3,(H,20,23)/t12-,13+. The first-order valence-electron chi connectivity index (χ1n) is 8.23. The van der Waals surface area contributed by atoms with Crippen LogP contribution in [0.5, 0.6) is 0 Å². The number of piperazine rings is 1. The average molecular weight is 322 g/mol. The molecule has 1 amide bonds. The summed E-state index contributed by atoms with van der Waals surface area (Å²) in [5, 5.41) is 2.60. The van der Waals surface area contributed by atoms with Gasteiger partial charge in [-0.15, -0.1) is 0 Å². The third-order valence-electron chi connectivity index (χ3n) is 4.46. The Balaban J connectivity index is 1.84. The number of nitrogen functional groups attached to an aromatic ring is 1. The van der Waals surface area contributed by atoms with Crippen molar-refractivity contribution < 1.29 is 9.18 Å². The van der Waals surface area contributed by atoms with Gasteiger partial charge in [0.25, 0.3) is 0 Å². The Morgan fingerprint density at radius 3 is 2.61 bits per heavy atom. The molecule has 0 unspecified atom stereocenters. The molecule has 0 aliphatic carbocycles. The molecule has 2 rings (SSSR count). The maximum absolute atomic E-state index is 13.6. The summed E-state index contributed by atoms with van der Waals surface area (Å²) in [6, 6.07) is 5.15. The molecule has 1 aromatic carbocycles. The van der Waals surface area contributed by atoms with Crippen molar-refractivity contribution >= 4 is 17.3 Å². The summed E-state index contributed by atoms with van der Waals surface area (Å²) in [7, 11) is 0. The van der Waals surface area contributed by atoms with Gasteiger partial charge in [-0.25, -0.2) is 4.39 Å². The van der Waals surface area contributed by atoms with Crippen LogP contribution in [0.3, 0.4) is 0 Å². The number of nitrogens with one attached hydrogen (secondary N) is 1. The van der Waals surface area contributed by atoms with Crippen LogP contribution in [0.25, 0.3) is 0 Å². The van der Waals surface area contributed by atoms with Crippen LogP contribution in [-0.4, -0.2) is 54.0 Å². The highest BCUT2D eigenvalue weighted by Gasteiger charge is 2.28. The van der Waals surface area contributed by atoms with Crippen molar-refractivity contribution in [2.75, 3.05) is 37.2 Å². The molecule has 1 fully saturated rings. The fourth-order valence-corrected chi connectivity index (χ4v) is 3.38. The molecule has 1 aliphatic rings. The number of hydrogen-bond acceptors (Lipinski definition) is 4. The summed E-state index contributed by atoms with van der Waals surface area (Å²) in [6.07, 6.45) is 0.347. The van der Waals surface area contributed by atoms with E-state index in [1.165, 1.54) is 18.2 Å². The zero-order valence-electron chi connectivity index (χ0n) is 14.2. The minimum atomic E-state index is -0.466. The number of carbonyl (C=O) groups is 1. The SMILES string of the molecule is CCN1[C@H](C)CN(CCC(=O)Nc2cc(N)ccc2F)C[C@@H]1C. The highest BCUT2D eigenvalue weighted by Crippen LogP contribution is 2.18. The molecule has 128 valence electrons. The van der Waals surface area contributed by atoms with Crippen LogP contribution in [-0.2, 0) is 4.79 Å². The summed E-state index contributed by atoms with van der Waals surface area (Å²) in [4.78, 5) is 16.8. The number of nitrogens with zero attached hydrogens (tertiary/aromatic N) is 2. The highest BCUT2D eigenvalue weighted by atomic mass is 19.1. The van der Waals surface area contributed by atoms with Crippen molar-refractivity contribution in [1.82, 2.24) is 9.80 Å². The zero-order valence-corrected chi connectivity index (χ0v) is 14.2. The Labute approximate surface area is 137 Å². The van der Waals surface area contributed by atoms with E-state index in [9.17, 15) is 9.18 Å². The van der Waals surface area contributed by atoms with Crippen LogP contribution >= 0.6 is 0 Å². The molecule has 1 aromatic rings. The van der Waals surface area contributed by atoms with E-state index in [0.717, 1.165) is 19.6 Å². The van der Waals surface area contributed by atoms with Gasteiger partial charge in [0.05, 0.1) is 5.69 Å². The van der Waals surface area contributed by atoms with Crippen molar-refractivity contribution in [3.8, 4) is 0 Å². The predicted molar refractivity (Wildman–Crippen MR) is 91.8 cm³/mol. The molecule has 1 aliphatic heterocycles. The number of benzene rings is 1. The van der Waals surface area contributed by atoms with Gasteiger partial charge in [-0.05, 0) is 38.6 Å². The zero-order chi connectivity index (χ0) is 17.0. The normalized spacial score (nSPS) is 23.0. The number of halogens is 1. The number of hydrogen-bond donors (Lipinski definition) is 2. The Hall–Kier alpha value is -1.66. The lowest BCUT2D eigenvalue weighted by atomic mass is 10.1. The monoisotopic (exact) mass is 322 g/mol. The fourth-order valence-electron chi connectivity index (χ4n) is 3.38. The highest BCUT2D eigenvalue weighted by molar-refractivity contribution is 5.91. The Morgan fingerprint density at radius 1 is 1.35 bits per heavy atom. The fraction of sp³-hybridized carbons (Fsp3) is 0.588.